The second-order valence-corrected chi connectivity index (χ2v) is 5.59. The second-order valence-electron chi connectivity index (χ2n) is 4.67. The second kappa shape index (κ2) is 6.65. The van der Waals surface area contributed by atoms with E-state index in [2.05, 4.69) is 15.9 Å². The Hall–Kier alpha value is -0.690. The maximum atomic E-state index is 13.1. The minimum absolute atomic E-state index is 0.0159. The number of hydrogen-bond acceptors (Lipinski definition) is 4. The first-order valence-corrected chi connectivity index (χ1v) is 6.99. The van der Waals surface area contributed by atoms with Gasteiger partial charge in [0, 0.05) is 29.7 Å². The molecule has 0 saturated carbocycles. The van der Waals surface area contributed by atoms with Crippen LogP contribution in [0.3, 0.4) is 0 Å². The van der Waals surface area contributed by atoms with E-state index in [0.717, 1.165) is 0 Å². The van der Waals surface area contributed by atoms with E-state index in [1.165, 1.54) is 12.1 Å². The minimum Gasteiger partial charge on any atom is -0.492 e. The molecule has 0 aromatic heterocycles. The van der Waals surface area contributed by atoms with E-state index in [1.807, 2.05) is 4.90 Å². The number of aliphatic hydroxyl groups excluding tert-OH is 2. The Labute approximate surface area is 119 Å². The summed E-state index contributed by atoms with van der Waals surface area (Å²) in [4.78, 5) is 1.99. The lowest BCUT2D eigenvalue weighted by Crippen LogP contribution is -2.35. The van der Waals surface area contributed by atoms with Gasteiger partial charge in [-0.05, 0) is 18.6 Å². The molecular formula is C13H17BrFNO3. The predicted octanol–water partition coefficient (Wildman–Crippen LogP) is 1.39. The van der Waals surface area contributed by atoms with Gasteiger partial charge >= 0.3 is 0 Å². The number of ether oxygens (including phenoxy) is 1. The molecule has 0 radical (unpaired) electrons. The summed E-state index contributed by atoms with van der Waals surface area (Å²) in [6, 6.07) is 4.38. The topological polar surface area (TPSA) is 52.9 Å². The number of nitrogens with zero attached hydrogens (tertiary/aromatic N) is 1. The van der Waals surface area contributed by atoms with Crippen molar-refractivity contribution in [1.29, 1.82) is 0 Å². The summed E-state index contributed by atoms with van der Waals surface area (Å²) in [5.41, 5.74) is 0. The predicted molar refractivity (Wildman–Crippen MR) is 72.7 cm³/mol. The zero-order valence-corrected chi connectivity index (χ0v) is 12.0. The van der Waals surface area contributed by atoms with Crippen molar-refractivity contribution in [2.75, 3.05) is 26.3 Å². The molecule has 1 heterocycles. The fourth-order valence-corrected chi connectivity index (χ4v) is 2.76. The zero-order valence-electron chi connectivity index (χ0n) is 10.4. The van der Waals surface area contributed by atoms with E-state index >= 15 is 0 Å². The summed E-state index contributed by atoms with van der Waals surface area (Å²) >= 11 is 3.20. The van der Waals surface area contributed by atoms with Crippen LogP contribution in [0.5, 0.6) is 5.75 Å². The molecule has 1 aromatic rings. The van der Waals surface area contributed by atoms with Crippen LogP contribution in [-0.2, 0) is 0 Å². The normalized spacial score (nSPS) is 23.8. The van der Waals surface area contributed by atoms with E-state index in [1.54, 1.807) is 6.07 Å². The Morgan fingerprint density at radius 1 is 1.42 bits per heavy atom. The molecule has 0 unspecified atom stereocenters. The van der Waals surface area contributed by atoms with Crippen LogP contribution in [0, 0.1) is 5.82 Å². The van der Waals surface area contributed by atoms with Gasteiger partial charge in [-0.2, -0.15) is 0 Å². The van der Waals surface area contributed by atoms with Gasteiger partial charge < -0.3 is 14.9 Å². The van der Waals surface area contributed by atoms with Crippen LogP contribution in [0.15, 0.2) is 22.7 Å². The van der Waals surface area contributed by atoms with Crippen LogP contribution in [0.2, 0.25) is 0 Å². The maximum absolute atomic E-state index is 13.1. The Morgan fingerprint density at radius 3 is 2.89 bits per heavy atom. The molecule has 0 aliphatic carbocycles. The molecule has 1 aliphatic heterocycles. The summed E-state index contributed by atoms with van der Waals surface area (Å²) in [6.07, 6.45) is 0.197. The number of hydrogen-bond donors (Lipinski definition) is 2. The molecular weight excluding hydrogens is 317 g/mol. The molecule has 106 valence electrons. The number of benzene rings is 1. The average Bonchev–Trinajstić information content (AvgIpc) is 2.68. The Balaban J connectivity index is 1.83. The molecule has 1 fully saturated rings. The molecule has 0 amide bonds. The van der Waals surface area contributed by atoms with E-state index in [4.69, 9.17) is 4.74 Å². The van der Waals surface area contributed by atoms with Crippen LogP contribution in [-0.4, -0.2) is 53.6 Å². The quantitative estimate of drug-likeness (QED) is 0.855. The van der Waals surface area contributed by atoms with Gasteiger partial charge in [-0.15, -0.1) is 0 Å². The van der Waals surface area contributed by atoms with E-state index < -0.39 is 0 Å². The van der Waals surface area contributed by atoms with Gasteiger partial charge in [-0.25, -0.2) is 4.39 Å². The van der Waals surface area contributed by atoms with Crippen molar-refractivity contribution in [1.82, 2.24) is 4.90 Å². The summed E-state index contributed by atoms with van der Waals surface area (Å²) in [6.45, 7) is 1.56. The van der Waals surface area contributed by atoms with Crippen molar-refractivity contribution in [3.63, 3.8) is 0 Å². The van der Waals surface area contributed by atoms with Crippen molar-refractivity contribution < 1.29 is 19.3 Å². The molecule has 2 rings (SSSR count). The molecule has 6 heteroatoms. The molecule has 1 aliphatic rings. The third-order valence-electron chi connectivity index (χ3n) is 3.20. The van der Waals surface area contributed by atoms with Crippen LogP contribution >= 0.6 is 15.9 Å². The van der Waals surface area contributed by atoms with Crippen LogP contribution in [0.25, 0.3) is 0 Å². The number of rotatable bonds is 5. The number of halogens is 2. The Bertz CT molecular complexity index is 412. The summed E-state index contributed by atoms with van der Waals surface area (Å²) in [7, 11) is 0. The average molecular weight is 334 g/mol. The van der Waals surface area contributed by atoms with Gasteiger partial charge in [0.25, 0.3) is 0 Å². The Kier molecular flexibility index (Phi) is 5.15. The van der Waals surface area contributed by atoms with E-state index in [-0.39, 0.29) is 24.6 Å². The molecule has 4 nitrogen and oxygen atoms in total. The number of aliphatic hydroxyl groups is 2. The third-order valence-corrected chi connectivity index (χ3v) is 3.66. The summed E-state index contributed by atoms with van der Waals surface area (Å²) < 4.78 is 19.3. The largest absolute Gasteiger partial charge is 0.492 e. The number of β-amino-alcohol motifs (C(OH)–C–C–N with tert-alkyl or cyclic N) is 1. The first-order valence-electron chi connectivity index (χ1n) is 6.20. The van der Waals surface area contributed by atoms with Crippen molar-refractivity contribution in [2.24, 2.45) is 0 Å². The number of likely N-dealkylation sites (tertiary alicyclic amines) is 1. The summed E-state index contributed by atoms with van der Waals surface area (Å²) in [5.74, 6) is 0.112. The lowest BCUT2D eigenvalue weighted by molar-refractivity contribution is 0.135. The molecule has 0 spiro atoms. The first kappa shape index (κ1) is 14.7. The molecule has 1 aromatic carbocycles. The van der Waals surface area contributed by atoms with Gasteiger partial charge in [0.2, 0.25) is 0 Å². The van der Waals surface area contributed by atoms with Gasteiger partial charge in [0.05, 0.1) is 12.7 Å². The standard InChI is InChI=1S/C13H17BrFNO3/c14-9-3-10(15)5-13(4-9)19-2-1-16-7-12(18)6-11(16)8-17/h3-5,11-12,17-18H,1-2,6-8H2/t11-,12-/m0/s1. The lowest BCUT2D eigenvalue weighted by atomic mass is 10.2. The Morgan fingerprint density at radius 2 is 2.21 bits per heavy atom. The van der Waals surface area contributed by atoms with Crippen molar-refractivity contribution in [3.05, 3.63) is 28.5 Å². The monoisotopic (exact) mass is 333 g/mol. The van der Waals surface area contributed by atoms with Crippen LogP contribution in [0.1, 0.15) is 6.42 Å². The highest BCUT2D eigenvalue weighted by Gasteiger charge is 2.29. The highest BCUT2D eigenvalue weighted by Crippen LogP contribution is 2.21. The van der Waals surface area contributed by atoms with Crippen molar-refractivity contribution in [2.45, 2.75) is 18.6 Å². The fraction of sp³-hybridized carbons (Fsp3) is 0.538. The smallest absolute Gasteiger partial charge is 0.128 e. The van der Waals surface area contributed by atoms with Crippen LogP contribution in [0.4, 0.5) is 4.39 Å². The van der Waals surface area contributed by atoms with Crippen molar-refractivity contribution >= 4 is 15.9 Å². The van der Waals surface area contributed by atoms with Crippen molar-refractivity contribution in [3.8, 4) is 5.75 Å². The maximum Gasteiger partial charge on any atom is 0.128 e. The van der Waals surface area contributed by atoms with E-state index in [0.29, 0.717) is 36.3 Å². The highest BCUT2D eigenvalue weighted by atomic mass is 79.9. The van der Waals surface area contributed by atoms with Gasteiger partial charge in [-0.1, -0.05) is 15.9 Å². The van der Waals surface area contributed by atoms with Gasteiger partial charge in [-0.3, -0.25) is 4.90 Å². The SMILES string of the molecule is OC[C@@H]1C[C@H](O)CN1CCOc1cc(F)cc(Br)c1. The zero-order chi connectivity index (χ0) is 13.8. The molecule has 1 saturated heterocycles. The molecule has 19 heavy (non-hydrogen) atoms. The molecule has 0 bridgehead atoms. The lowest BCUT2D eigenvalue weighted by Gasteiger charge is -2.22. The van der Waals surface area contributed by atoms with Gasteiger partial charge in [0.15, 0.2) is 0 Å². The van der Waals surface area contributed by atoms with Gasteiger partial charge in [0.1, 0.15) is 18.2 Å². The highest BCUT2D eigenvalue weighted by molar-refractivity contribution is 9.10. The van der Waals surface area contributed by atoms with Crippen LogP contribution < -0.4 is 4.74 Å². The molecule has 2 atom stereocenters. The minimum atomic E-state index is -0.388. The summed E-state index contributed by atoms with van der Waals surface area (Å²) in [5, 5.41) is 18.7. The first-order chi connectivity index (χ1) is 9.08. The van der Waals surface area contributed by atoms with E-state index in [9.17, 15) is 14.6 Å². The molecule has 2 N–H and O–H groups in total. The fourth-order valence-electron chi connectivity index (χ4n) is 2.31. The third kappa shape index (κ3) is 4.14.